The number of hydrogen-bond acceptors (Lipinski definition) is 3. The van der Waals surface area contributed by atoms with Gasteiger partial charge in [0.05, 0.1) is 0 Å². The predicted octanol–water partition coefficient (Wildman–Crippen LogP) is 3.82. The Bertz CT molecular complexity index is 752. The highest BCUT2D eigenvalue weighted by Gasteiger charge is 2.22. The summed E-state index contributed by atoms with van der Waals surface area (Å²) in [6.07, 6.45) is 0. The Morgan fingerprint density at radius 2 is 1.81 bits per heavy atom. The van der Waals surface area contributed by atoms with Gasteiger partial charge in [0, 0.05) is 11.2 Å². The van der Waals surface area contributed by atoms with Gasteiger partial charge >= 0.3 is 5.97 Å². The van der Waals surface area contributed by atoms with Crippen LogP contribution >= 0.6 is 11.3 Å². The fourth-order valence-electron chi connectivity index (χ4n) is 2.37. The molecule has 3 nitrogen and oxygen atoms in total. The Kier molecular flexibility index (Phi) is 3.99. The fraction of sp³-hybridized carbons (Fsp3) is 0.118. The average molecular weight is 297 g/mol. The molecule has 1 heterocycles. The van der Waals surface area contributed by atoms with Gasteiger partial charge in [0.15, 0.2) is 0 Å². The molecule has 1 atom stereocenters. The first-order valence-corrected chi connectivity index (χ1v) is 7.60. The van der Waals surface area contributed by atoms with E-state index in [0.717, 1.165) is 21.2 Å². The van der Waals surface area contributed by atoms with Gasteiger partial charge in [-0.05, 0) is 28.0 Å². The van der Waals surface area contributed by atoms with E-state index in [-0.39, 0.29) is 0 Å². The van der Waals surface area contributed by atoms with Gasteiger partial charge in [0.2, 0.25) is 0 Å². The second-order valence-corrected chi connectivity index (χ2v) is 5.74. The highest BCUT2D eigenvalue weighted by Crippen LogP contribution is 2.30. The van der Waals surface area contributed by atoms with E-state index >= 15 is 0 Å². The molecule has 106 valence electrons. The molecule has 3 rings (SSSR count). The van der Waals surface area contributed by atoms with Crippen molar-refractivity contribution in [3.05, 3.63) is 71.1 Å². The van der Waals surface area contributed by atoms with Gasteiger partial charge in [-0.2, -0.15) is 0 Å². The van der Waals surface area contributed by atoms with Crippen molar-refractivity contribution in [3.63, 3.8) is 0 Å². The van der Waals surface area contributed by atoms with E-state index in [1.807, 2.05) is 60.0 Å². The first-order chi connectivity index (χ1) is 10.3. The summed E-state index contributed by atoms with van der Waals surface area (Å²) in [5.41, 5.74) is 1.90. The number of carbonyl (C=O) groups is 1. The van der Waals surface area contributed by atoms with Crippen LogP contribution in [-0.2, 0) is 11.3 Å². The van der Waals surface area contributed by atoms with Gasteiger partial charge in [-0.15, -0.1) is 11.3 Å². The van der Waals surface area contributed by atoms with Gasteiger partial charge in [-0.3, -0.25) is 10.1 Å². The molecule has 1 aromatic heterocycles. The van der Waals surface area contributed by atoms with Crippen molar-refractivity contribution >= 4 is 27.4 Å². The van der Waals surface area contributed by atoms with Crippen molar-refractivity contribution in [3.8, 4) is 0 Å². The van der Waals surface area contributed by atoms with E-state index < -0.39 is 12.0 Å². The molecule has 0 spiro atoms. The third-order valence-corrected chi connectivity index (χ3v) is 4.40. The van der Waals surface area contributed by atoms with Crippen LogP contribution in [0.2, 0.25) is 0 Å². The van der Waals surface area contributed by atoms with E-state index in [4.69, 9.17) is 0 Å². The molecule has 0 fully saturated rings. The van der Waals surface area contributed by atoms with Gasteiger partial charge in [0.25, 0.3) is 0 Å². The molecule has 0 radical (unpaired) electrons. The van der Waals surface area contributed by atoms with Crippen LogP contribution in [0.25, 0.3) is 10.1 Å². The van der Waals surface area contributed by atoms with Gasteiger partial charge < -0.3 is 5.11 Å². The normalized spacial score (nSPS) is 12.4. The smallest absolute Gasteiger partial charge is 0.325 e. The molecule has 3 aromatic rings. The van der Waals surface area contributed by atoms with Crippen molar-refractivity contribution in [1.82, 2.24) is 5.32 Å². The van der Waals surface area contributed by atoms with Crippen LogP contribution in [0.5, 0.6) is 0 Å². The molecule has 0 bridgehead atoms. The Balaban J connectivity index is 1.86. The standard InChI is InChI=1S/C17H15NO2S/c19-17(20)16(18-10-12-6-2-1-3-7-12)14-11-21-15-9-5-4-8-13(14)15/h1-9,11,16,18H,10H2,(H,19,20). The van der Waals surface area contributed by atoms with Crippen molar-refractivity contribution in [2.75, 3.05) is 0 Å². The lowest BCUT2D eigenvalue weighted by molar-refractivity contribution is -0.139. The zero-order valence-electron chi connectivity index (χ0n) is 11.3. The molecule has 21 heavy (non-hydrogen) atoms. The third-order valence-electron chi connectivity index (χ3n) is 3.42. The summed E-state index contributed by atoms with van der Waals surface area (Å²) in [4.78, 5) is 11.6. The zero-order chi connectivity index (χ0) is 14.7. The lowest BCUT2D eigenvalue weighted by Crippen LogP contribution is -2.27. The summed E-state index contributed by atoms with van der Waals surface area (Å²) < 4.78 is 1.11. The van der Waals surface area contributed by atoms with Crippen LogP contribution in [0.4, 0.5) is 0 Å². The molecule has 4 heteroatoms. The molecule has 0 aliphatic rings. The molecule has 0 saturated carbocycles. The van der Waals surface area contributed by atoms with Gasteiger partial charge in [0.1, 0.15) is 6.04 Å². The average Bonchev–Trinajstić information content (AvgIpc) is 2.92. The Labute approximate surface area is 126 Å². The van der Waals surface area contributed by atoms with Crippen molar-refractivity contribution in [1.29, 1.82) is 0 Å². The molecule has 0 aliphatic heterocycles. The Morgan fingerprint density at radius 3 is 2.57 bits per heavy atom. The van der Waals surface area contributed by atoms with Gasteiger partial charge in [-0.25, -0.2) is 0 Å². The monoisotopic (exact) mass is 297 g/mol. The molecule has 2 aromatic carbocycles. The van der Waals surface area contributed by atoms with E-state index in [1.54, 1.807) is 11.3 Å². The summed E-state index contributed by atoms with van der Waals surface area (Å²) in [7, 11) is 0. The van der Waals surface area contributed by atoms with Crippen LogP contribution in [0.1, 0.15) is 17.2 Å². The lowest BCUT2D eigenvalue weighted by Gasteiger charge is -2.14. The highest BCUT2D eigenvalue weighted by molar-refractivity contribution is 7.17. The first kappa shape index (κ1) is 13.8. The first-order valence-electron chi connectivity index (χ1n) is 6.72. The van der Waals surface area contributed by atoms with Crippen molar-refractivity contribution < 1.29 is 9.90 Å². The number of aliphatic carboxylic acids is 1. The Morgan fingerprint density at radius 1 is 1.10 bits per heavy atom. The Hall–Kier alpha value is -2.17. The van der Waals surface area contributed by atoms with Crippen LogP contribution < -0.4 is 5.32 Å². The van der Waals surface area contributed by atoms with Crippen molar-refractivity contribution in [2.24, 2.45) is 0 Å². The molecule has 0 amide bonds. The number of hydrogen-bond donors (Lipinski definition) is 2. The number of rotatable bonds is 5. The molecule has 0 aliphatic carbocycles. The summed E-state index contributed by atoms with van der Waals surface area (Å²) in [6.45, 7) is 0.530. The molecule has 1 unspecified atom stereocenters. The SMILES string of the molecule is O=C(O)C(NCc1ccccc1)c1csc2ccccc12. The largest absolute Gasteiger partial charge is 0.480 e. The topological polar surface area (TPSA) is 49.3 Å². The maximum atomic E-state index is 11.6. The number of benzene rings is 2. The summed E-state index contributed by atoms with van der Waals surface area (Å²) >= 11 is 1.58. The summed E-state index contributed by atoms with van der Waals surface area (Å²) in [6, 6.07) is 17.0. The third kappa shape index (κ3) is 2.96. The maximum Gasteiger partial charge on any atom is 0.325 e. The van der Waals surface area contributed by atoms with E-state index in [2.05, 4.69) is 5.32 Å². The number of fused-ring (bicyclic) bond motifs is 1. The number of carboxylic acid groups (broad SMARTS) is 1. The molecular formula is C17H15NO2S. The highest BCUT2D eigenvalue weighted by atomic mass is 32.1. The molecule has 0 saturated heterocycles. The van der Waals surface area contributed by atoms with Crippen LogP contribution in [0.15, 0.2) is 60.0 Å². The van der Waals surface area contributed by atoms with E-state index in [9.17, 15) is 9.90 Å². The van der Waals surface area contributed by atoms with Crippen LogP contribution in [0, 0.1) is 0 Å². The second-order valence-electron chi connectivity index (χ2n) is 4.82. The number of nitrogens with one attached hydrogen (secondary N) is 1. The number of carboxylic acids is 1. The van der Waals surface area contributed by atoms with Crippen molar-refractivity contribution in [2.45, 2.75) is 12.6 Å². The minimum absolute atomic E-state index is 0.530. The number of thiophene rings is 1. The molecule has 2 N–H and O–H groups in total. The van der Waals surface area contributed by atoms with Crippen LogP contribution in [-0.4, -0.2) is 11.1 Å². The maximum absolute atomic E-state index is 11.6. The summed E-state index contributed by atoms with van der Waals surface area (Å²) in [5.74, 6) is -0.852. The fourth-order valence-corrected chi connectivity index (χ4v) is 3.35. The minimum Gasteiger partial charge on any atom is -0.480 e. The molecular weight excluding hydrogens is 282 g/mol. The second kappa shape index (κ2) is 6.08. The van der Waals surface area contributed by atoms with Gasteiger partial charge in [-0.1, -0.05) is 48.5 Å². The zero-order valence-corrected chi connectivity index (χ0v) is 12.1. The minimum atomic E-state index is -0.852. The predicted molar refractivity (Wildman–Crippen MR) is 85.5 cm³/mol. The van der Waals surface area contributed by atoms with Crippen LogP contribution in [0.3, 0.4) is 0 Å². The van der Waals surface area contributed by atoms with E-state index in [0.29, 0.717) is 6.54 Å². The van der Waals surface area contributed by atoms with E-state index in [1.165, 1.54) is 0 Å². The summed E-state index contributed by atoms with van der Waals surface area (Å²) in [5, 5.41) is 15.6. The quantitative estimate of drug-likeness (QED) is 0.752. The lowest BCUT2D eigenvalue weighted by atomic mass is 10.1.